The van der Waals surface area contributed by atoms with Crippen molar-refractivity contribution >= 4 is 32.2 Å². The van der Waals surface area contributed by atoms with E-state index in [0.717, 1.165) is 17.1 Å². The zero-order valence-electron chi connectivity index (χ0n) is 20.5. The fourth-order valence-electron chi connectivity index (χ4n) is 4.97. The van der Waals surface area contributed by atoms with Gasteiger partial charge in [-0.15, -0.1) is 11.3 Å². The summed E-state index contributed by atoms with van der Waals surface area (Å²) in [5.74, 6) is 0.264. The summed E-state index contributed by atoms with van der Waals surface area (Å²) in [4.78, 5) is 22.3. The fourth-order valence-corrected chi connectivity index (χ4v) is 6.90. The predicted octanol–water partition coefficient (Wildman–Crippen LogP) is 4.12. The topological polar surface area (TPSA) is 82.6 Å². The van der Waals surface area contributed by atoms with Gasteiger partial charge in [0.05, 0.1) is 35.3 Å². The van der Waals surface area contributed by atoms with Gasteiger partial charge in [0.25, 0.3) is 0 Å². The Labute approximate surface area is 213 Å². The second-order valence-corrected chi connectivity index (χ2v) is 13.3. The first-order valence-electron chi connectivity index (χ1n) is 12.0. The summed E-state index contributed by atoms with van der Waals surface area (Å²) in [5, 5.41) is 3.39. The van der Waals surface area contributed by atoms with Crippen LogP contribution in [0.25, 0.3) is 0 Å². The zero-order valence-corrected chi connectivity index (χ0v) is 22.1. The zero-order chi connectivity index (χ0) is 26.3. The Bertz CT molecular complexity index is 1190. The Morgan fingerprint density at radius 2 is 1.89 bits per heavy atom. The smallest absolute Gasteiger partial charge is 0.302 e. The molecule has 198 valence electrons. The first-order chi connectivity index (χ1) is 16.8. The summed E-state index contributed by atoms with van der Waals surface area (Å²) in [5.41, 5.74) is 1.64. The van der Waals surface area contributed by atoms with Crippen LogP contribution in [-0.2, 0) is 27.6 Å². The molecule has 12 heteroatoms. The molecule has 1 unspecified atom stereocenters. The van der Waals surface area contributed by atoms with Crippen LogP contribution in [0, 0.1) is 11.8 Å². The van der Waals surface area contributed by atoms with Crippen molar-refractivity contribution in [2.45, 2.75) is 50.9 Å². The molecule has 1 saturated heterocycles. The normalized spacial score (nSPS) is 19.5. The van der Waals surface area contributed by atoms with E-state index in [4.69, 9.17) is 4.98 Å². The van der Waals surface area contributed by atoms with Crippen LogP contribution >= 0.6 is 11.3 Å². The SMILES string of the molecule is CCS(=O)(=O)c1ccc(CC(=O)Nc2nc3c(s2)CN(CC2CN(CC(F)(F)F)C2)C3C(C)C)cc1. The molecule has 4 rings (SSSR count). The molecule has 7 nitrogen and oxygen atoms in total. The Balaban J connectivity index is 1.33. The predicted molar refractivity (Wildman–Crippen MR) is 133 cm³/mol. The Morgan fingerprint density at radius 1 is 1.22 bits per heavy atom. The van der Waals surface area contributed by atoms with Gasteiger partial charge in [-0.1, -0.05) is 32.9 Å². The number of rotatable bonds is 9. The molecule has 1 fully saturated rings. The number of likely N-dealkylation sites (tertiary alicyclic amines) is 1. The van der Waals surface area contributed by atoms with Crippen molar-refractivity contribution < 1.29 is 26.4 Å². The number of hydrogen-bond donors (Lipinski definition) is 1. The van der Waals surface area contributed by atoms with Crippen molar-refractivity contribution in [3.63, 3.8) is 0 Å². The van der Waals surface area contributed by atoms with Gasteiger partial charge >= 0.3 is 6.18 Å². The van der Waals surface area contributed by atoms with Crippen LogP contribution in [0.3, 0.4) is 0 Å². The van der Waals surface area contributed by atoms with Crippen molar-refractivity contribution in [1.82, 2.24) is 14.8 Å². The lowest BCUT2D eigenvalue weighted by Crippen LogP contribution is -2.54. The van der Waals surface area contributed by atoms with E-state index in [1.807, 2.05) is 0 Å². The fraction of sp³-hybridized carbons (Fsp3) is 0.583. The van der Waals surface area contributed by atoms with Crippen LogP contribution < -0.4 is 5.32 Å². The lowest BCUT2D eigenvalue weighted by atomic mass is 9.96. The third-order valence-corrected chi connectivity index (χ3v) is 9.30. The van der Waals surface area contributed by atoms with E-state index in [1.54, 1.807) is 19.1 Å². The number of benzene rings is 1. The molecule has 1 aromatic heterocycles. The highest BCUT2D eigenvalue weighted by Gasteiger charge is 2.41. The summed E-state index contributed by atoms with van der Waals surface area (Å²) in [6, 6.07) is 6.39. The minimum atomic E-state index is -4.16. The average Bonchev–Trinajstić information content (AvgIpc) is 3.27. The molecule has 0 radical (unpaired) electrons. The van der Waals surface area contributed by atoms with Gasteiger partial charge in [0.1, 0.15) is 0 Å². The maximum Gasteiger partial charge on any atom is 0.401 e. The number of nitrogens with zero attached hydrogens (tertiary/aromatic N) is 3. The van der Waals surface area contributed by atoms with Gasteiger partial charge in [-0.05, 0) is 29.5 Å². The van der Waals surface area contributed by atoms with E-state index in [2.05, 4.69) is 24.1 Å². The highest BCUT2D eigenvalue weighted by molar-refractivity contribution is 7.91. The number of thiazole rings is 1. The molecule has 1 amide bonds. The number of carbonyl (C=O) groups excluding carboxylic acids is 1. The van der Waals surface area contributed by atoms with Gasteiger partial charge in [-0.2, -0.15) is 13.2 Å². The number of sulfone groups is 1. The first-order valence-corrected chi connectivity index (χ1v) is 14.5. The summed E-state index contributed by atoms with van der Waals surface area (Å²) in [6.07, 6.45) is -4.06. The molecule has 1 N–H and O–H groups in total. The molecule has 2 aliphatic heterocycles. The van der Waals surface area contributed by atoms with Crippen LogP contribution in [0.5, 0.6) is 0 Å². The van der Waals surface area contributed by atoms with Crippen LogP contribution in [-0.4, -0.2) is 67.2 Å². The van der Waals surface area contributed by atoms with E-state index in [-0.39, 0.29) is 40.9 Å². The molecule has 2 aliphatic rings. The maximum atomic E-state index is 12.6. The highest BCUT2D eigenvalue weighted by atomic mass is 32.2. The second kappa shape index (κ2) is 10.4. The molecule has 0 spiro atoms. The molecule has 1 atom stereocenters. The number of nitrogens with one attached hydrogen (secondary N) is 1. The number of amides is 1. The van der Waals surface area contributed by atoms with Gasteiger partial charge in [-0.25, -0.2) is 13.4 Å². The number of halogens is 3. The van der Waals surface area contributed by atoms with Crippen LogP contribution in [0.1, 0.15) is 42.9 Å². The first kappa shape index (κ1) is 27.0. The van der Waals surface area contributed by atoms with E-state index in [9.17, 15) is 26.4 Å². The Kier molecular flexibility index (Phi) is 7.80. The molecule has 0 aliphatic carbocycles. The maximum absolute atomic E-state index is 12.6. The van der Waals surface area contributed by atoms with Crippen LogP contribution in [0.15, 0.2) is 29.2 Å². The van der Waals surface area contributed by atoms with Crippen LogP contribution in [0.4, 0.5) is 18.3 Å². The second-order valence-electron chi connectivity index (χ2n) is 9.89. The standard InChI is InChI=1S/C24H31F3N4O3S2/c1-4-36(33,34)18-7-5-16(6-8-18)9-20(32)28-23-29-21-19(35-23)13-31(22(21)15(2)3)12-17-10-30(11-17)14-24(25,26)27/h5-8,15,17,22H,4,9-14H2,1-3H3,(H,28,29,32). The van der Waals surface area contributed by atoms with E-state index in [0.29, 0.717) is 30.3 Å². The van der Waals surface area contributed by atoms with Crippen LogP contribution in [0.2, 0.25) is 0 Å². The van der Waals surface area contributed by atoms with Crippen molar-refractivity contribution in [1.29, 1.82) is 0 Å². The number of alkyl halides is 3. The molecule has 2 aromatic rings. The third-order valence-electron chi connectivity index (χ3n) is 6.58. The molecule has 1 aromatic carbocycles. The summed E-state index contributed by atoms with van der Waals surface area (Å²) in [7, 11) is -3.28. The molecule has 0 saturated carbocycles. The molecule has 3 heterocycles. The quantitative estimate of drug-likeness (QED) is 0.512. The van der Waals surface area contributed by atoms with Gasteiger partial charge in [0, 0.05) is 31.1 Å². The number of fused-ring (bicyclic) bond motifs is 1. The summed E-state index contributed by atoms with van der Waals surface area (Å²) >= 11 is 1.43. The molecular weight excluding hydrogens is 513 g/mol. The molecule has 0 bridgehead atoms. The minimum absolute atomic E-state index is 0.0213. The summed E-state index contributed by atoms with van der Waals surface area (Å²) in [6.45, 7) is 7.25. The Hall–Kier alpha value is -2.02. The van der Waals surface area contributed by atoms with Crippen molar-refractivity contribution in [2.75, 3.05) is 37.2 Å². The lowest BCUT2D eigenvalue weighted by molar-refractivity contribution is -0.159. The average molecular weight is 545 g/mol. The third kappa shape index (κ3) is 6.27. The van der Waals surface area contributed by atoms with Crippen molar-refractivity contribution in [3.8, 4) is 0 Å². The van der Waals surface area contributed by atoms with Crippen molar-refractivity contribution in [2.24, 2.45) is 11.8 Å². The minimum Gasteiger partial charge on any atom is -0.302 e. The monoisotopic (exact) mass is 544 g/mol. The van der Waals surface area contributed by atoms with Gasteiger partial charge < -0.3 is 5.32 Å². The number of carbonyl (C=O) groups is 1. The van der Waals surface area contributed by atoms with Crippen molar-refractivity contribution in [3.05, 3.63) is 40.4 Å². The number of anilines is 1. The van der Waals surface area contributed by atoms with Gasteiger partial charge in [-0.3, -0.25) is 14.6 Å². The van der Waals surface area contributed by atoms with E-state index < -0.39 is 22.6 Å². The van der Waals surface area contributed by atoms with E-state index in [1.165, 1.54) is 28.4 Å². The van der Waals surface area contributed by atoms with E-state index >= 15 is 0 Å². The number of aromatic nitrogens is 1. The largest absolute Gasteiger partial charge is 0.401 e. The van der Waals surface area contributed by atoms with Gasteiger partial charge in [0.2, 0.25) is 5.91 Å². The Morgan fingerprint density at radius 3 is 2.47 bits per heavy atom. The lowest BCUT2D eigenvalue weighted by Gasteiger charge is -2.42. The molecular formula is C24H31F3N4O3S2. The highest BCUT2D eigenvalue weighted by Crippen LogP contribution is 2.43. The molecule has 36 heavy (non-hydrogen) atoms. The number of hydrogen-bond acceptors (Lipinski definition) is 7. The summed E-state index contributed by atoms with van der Waals surface area (Å²) < 4.78 is 61.6. The van der Waals surface area contributed by atoms with Gasteiger partial charge in [0.15, 0.2) is 15.0 Å².